The van der Waals surface area contributed by atoms with E-state index in [1.54, 1.807) is 6.20 Å². The first-order chi connectivity index (χ1) is 7.26. The highest BCUT2D eigenvalue weighted by Gasteiger charge is 2.08. The Morgan fingerprint density at radius 3 is 2.93 bits per heavy atom. The summed E-state index contributed by atoms with van der Waals surface area (Å²) in [5.74, 6) is -0.197. The lowest BCUT2D eigenvalue weighted by Gasteiger charge is -2.18. The Labute approximate surface area is 89.6 Å². The maximum Gasteiger partial charge on any atom is 0.319 e. The average Bonchev–Trinajstić information content (AvgIpc) is 2.76. The highest BCUT2D eigenvalue weighted by molar-refractivity contribution is 5.71. The van der Waals surface area contributed by atoms with Gasteiger partial charge in [-0.15, -0.1) is 0 Å². The summed E-state index contributed by atoms with van der Waals surface area (Å²) in [7, 11) is 1.41. The van der Waals surface area contributed by atoms with Gasteiger partial charge in [0, 0.05) is 18.9 Å². The summed E-state index contributed by atoms with van der Waals surface area (Å²) >= 11 is 0. The van der Waals surface area contributed by atoms with Crippen molar-refractivity contribution in [3.8, 4) is 0 Å². The number of carbonyl (C=O) groups excluding carboxylic acids is 1. The van der Waals surface area contributed by atoms with Gasteiger partial charge in [0.05, 0.1) is 20.2 Å². The van der Waals surface area contributed by atoms with E-state index in [0.717, 1.165) is 19.6 Å². The summed E-state index contributed by atoms with van der Waals surface area (Å²) < 4.78 is 6.46. The zero-order valence-electron chi connectivity index (χ0n) is 9.22. The molecule has 1 rings (SSSR count). The molecule has 1 heterocycles. The maximum absolute atomic E-state index is 11.1. The molecule has 1 aromatic heterocycles. The second kappa shape index (κ2) is 6.19. The fourth-order valence-electron chi connectivity index (χ4n) is 1.27. The maximum atomic E-state index is 11.1. The molecule has 0 amide bonds. The highest BCUT2D eigenvalue weighted by Crippen LogP contribution is 1.92. The van der Waals surface area contributed by atoms with Crippen LogP contribution in [0.25, 0.3) is 0 Å². The van der Waals surface area contributed by atoms with Crippen LogP contribution in [0, 0.1) is 0 Å². The lowest BCUT2D eigenvalue weighted by Crippen LogP contribution is -2.33. The Morgan fingerprint density at radius 1 is 1.60 bits per heavy atom. The van der Waals surface area contributed by atoms with Crippen molar-refractivity contribution in [3.63, 3.8) is 0 Å². The van der Waals surface area contributed by atoms with E-state index in [2.05, 4.69) is 9.84 Å². The van der Waals surface area contributed by atoms with Crippen LogP contribution in [0.5, 0.6) is 0 Å². The van der Waals surface area contributed by atoms with Crippen molar-refractivity contribution in [2.24, 2.45) is 0 Å². The molecule has 0 bridgehead atoms. The first-order valence-electron chi connectivity index (χ1n) is 5.03. The van der Waals surface area contributed by atoms with Gasteiger partial charge in [0.15, 0.2) is 0 Å². The Hall–Kier alpha value is -1.36. The molecular weight excluding hydrogens is 194 g/mol. The van der Waals surface area contributed by atoms with Gasteiger partial charge in [-0.1, -0.05) is 6.92 Å². The number of methoxy groups -OCH3 is 1. The second-order valence-electron chi connectivity index (χ2n) is 3.21. The molecule has 5 nitrogen and oxygen atoms in total. The van der Waals surface area contributed by atoms with E-state index in [1.165, 1.54) is 7.11 Å². The highest BCUT2D eigenvalue weighted by atomic mass is 16.5. The Balaban J connectivity index is 2.31. The molecule has 0 N–H and O–H groups in total. The minimum atomic E-state index is -0.197. The van der Waals surface area contributed by atoms with Crippen LogP contribution in [0.1, 0.15) is 6.92 Å². The molecule has 0 saturated carbocycles. The predicted octanol–water partition coefficient (Wildman–Crippen LogP) is 0.378. The van der Waals surface area contributed by atoms with Gasteiger partial charge < -0.3 is 4.74 Å². The monoisotopic (exact) mass is 211 g/mol. The van der Waals surface area contributed by atoms with E-state index in [0.29, 0.717) is 6.54 Å². The number of aromatic nitrogens is 2. The smallest absolute Gasteiger partial charge is 0.319 e. The first-order valence-corrected chi connectivity index (χ1v) is 5.03. The zero-order valence-corrected chi connectivity index (χ0v) is 9.22. The van der Waals surface area contributed by atoms with Crippen LogP contribution >= 0.6 is 0 Å². The van der Waals surface area contributed by atoms with Gasteiger partial charge in [-0.25, -0.2) is 0 Å². The Kier molecular flexibility index (Phi) is 4.83. The molecule has 0 radical (unpaired) electrons. The van der Waals surface area contributed by atoms with Crippen molar-refractivity contribution in [2.45, 2.75) is 13.5 Å². The Morgan fingerprint density at radius 2 is 2.40 bits per heavy atom. The minimum Gasteiger partial charge on any atom is -0.468 e. The van der Waals surface area contributed by atoms with Crippen molar-refractivity contribution in [2.75, 3.05) is 26.7 Å². The molecule has 0 saturated heterocycles. The van der Waals surface area contributed by atoms with Gasteiger partial charge >= 0.3 is 5.97 Å². The molecule has 15 heavy (non-hydrogen) atoms. The van der Waals surface area contributed by atoms with Crippen LogP contribution < -0.4 is 0 Å². The molecule has 0 unspecified atom stereocenters. The quantitative estimate of drug-likeness (QED) is 0.638. The van der Waals surface area contributed by atoms with E-state index >= 15 is 0 Å². The molecule has 84 valence electrons. The summed E-state index contributed by atoms with van der Waals surface area (Å²) in [6.45, 7) is 4.78. The number of nitrogens with zero attached hydrogens (tertiary/aromatic N) is 3. The molecule has 5 heteroatoms. The number of carbonyl (C=O) groups is 1. The number of likely N-dealkylation sites (N-methyl/N-ethyl adjacent to an activating group) is 1. The summed E-state index contributed by atoms with van der Waals surface area (Å²) in [4.78, 5) is 13.1. The van der Waals surface area contributed by atoms with Crippen molar-refractivity contribution in [1.82, 2.24) is 14.7 Å². The molecular formula is C10H17N3O2. The first kappa shape index (κ1) is 11.7. The normalized spacial score (nSPS) is 10.6. The lowest BCUT2D eigenvalue weighted by atomic mass is 10.4. The van der Waals surface area contributed by atoms with Crippen molar-refractivity contribution < 1.29 is 9.53 Å². The fourth-order valence-corrected chi connectivity index (χ4v) is 1.27. The fraction of sp³-hybridized carbons (Fsp3) is 0.600. The second-order valence-corrected chi connectivity index (χ2v) is 3.21. The third-order valence-corrected chi connectivity index (χ3v) is 2.23. The Bertz CT molecular complexity index is 285. The van der Waals surface area contributed by atoms with Crippen LogP contribution in [0.4, 0.5) is 0 Å². The van der Waals surface area contributed by atoms with Crippen LogP contribution in [0.15, 0.2) is 18.5 Å². The van der Waals surface area contributed by atoms with Crippen LogP contribution in [-0.2, 0) is 16.1 Å². The van der Waals surface area contributed by atoms with Crippen LogP contribution in [0.3, 0.4) is 0 Å². The number of esters is 1. The predicted molar refractivity (Wildman–Crippen MR) is 56.4 cm³/mol. The average molecular weight is 211 g/mol. The SMILES string of the molecule is CCN(CCn1cccn1)CC(=O)OC. The number of rotatable bonds is 6. The van der Waals surface area contributed by atoms with Gasteiger partial charge in [0.1, 0.15) is 0 Å². The van der Waals surface area contributed by atoms with Gasteiger partial charge in [-0.2, -0.15) is 5.10 Å². The van der Waals surface area contributed by atoms with Crippen molar-refractivity contribution in [3.05, 3.63) is 18.5 Å². The minimum absolute atomic E-state index is 0.197. The van der Waals surface area contributed by atoms with E-state index < -0.39 is 0 Å². The van der Waals surface area contributed by atoms with E-state index in [1.807, 2.05) is 28.8 Å². The van der Waals surface area contributed by atoms with Crippen LogP contribution in [-0.4, -0.2) is 47.4 Å². The molecule has 0 spiro atoms. The van der Waals surface area contributed by atoms with Gasteiger partial charge in [0.25, 0.3) is 0 Å². The topological polar surface area (TPSA) is 47.4 Å². The number of hydrogen-bond donors (Lipinski definition) is 0. The van der Waals surface area contributed by atoms with E-state index in [9.17, 15) is 4.79 Å². The zero-order chi connectivity index (χ0) is 11.1. The van der Waals surface area contributed by atoms with Gasteiger partial charge in [-0.3, -0.25) is 14.4 Å². The molecule has 0 aliphatic carbocycles. The summed E-state index contributed by atoms with van der Waals surface area (Å²) in [5, 5.41) is 4.10. The lowest BCUT2D eigenvalue weighted by molar-refractivity contribution is -0.141. The number of ether oxygens (including phenoxy) is 1. The molecule has 1 aromatic rings. The molecule has 0 fully saturated rings. The van der Waals surface area contributed by atoms with E-state index in [4.69, 9.17) is 0 Å². The largest absolute Gasteiger partial charge is 0.468 e. The molecule has 0 aliphatic rings. The number of hydrogen-bond acceptors (Lipinski definition) is 4. The molecule has 0 aromatic carbocycles. The third-order valence-electron chi connectivity index (χ3n) is 2.23. The van der Waals surface area contributed by atoms with E-state index in [-0.39, 0.29) is 5.97 Å². The molecule has 0 aliphatic heterocycles. The third kappa shape index (κ3) is 4.12. The summed E-state index contributed by atoms with van der Waals surface area (Å²) in [5.41, 5.74) is 0. The van der Waals surface area contributed by atoms with Crippen molar-refractivity contribution in [1.29, 1.82) is 0 Å². The van der Waals surface area contributed by atoms with Crippen LogP contribution in [0.2, 0.25) is 0 Å². The summed E-state index contributed by atoms with van der Waals surface area (Å²) in [6, 6.07) is 1.89. The van der Waals surface area contributed by atoms with Gasteiger partial charge in [0.2, 0.25) is 0 Å². The summed E-state index contributed by atoms with van der Waals surface area (Å²) in [6.07, 6.45) is 3.66. The van der Waals surface area contributed by atoms with Gasteiger partial charge in [-0.05, 0) is 12.6 Å². The standard InChI is InChI=1S/C10H17N3O2/c1-3-12(9-10(14)15-2)7-8-13-6-4-5-11-13/h4-6H,3,7-9H2,1-2H3. The molecule has 0 atom stereocenters. The van der Waals surface area contributed by atoms with Crippen molar-refractivity contribution >= 4 is 5.97 Å².